The molecular formula is C18H22N2O. The molecule has 1 N–H and O–H groups in total. The Kier molecular flexibility index (Phi) is 3.44. The van der Waals surface area contributed by atoms with Crippen molar-refractivity contribution in [1.29, 1.82) is 0 Å². The molecule has 1 unspecified atom stereocenters. The number of rotatable bonds is 5. The molecule has 3 nitrogen and oxygen atoms in total. The van der Waals surface area contributed by atoms with Gasteiger partial charge >= 0.3 is 0 Å². The molecule has 2 heterocycles. The Labute approximate surface area is 125 Å². The van der Waals surface area contributed by atoms with Crippen LogP contribution in [0, 0.1) is 0 Å². The summed E-state index contributed by atoms with van der Waals surface area (Å²) in [5.41, 5.74) is 2.75. The summed E-state index contributed by atoms with van der Waals surface area (Å²) in [6.07, 6.45) is 5.99. The van der Waals surface area contributed by atoms with Gasteiger partial charge in [-0.15, -0.1) is 0 Å². The Morgan fingerprint density at radius 2 is 2.00 bits per heavy atom. The lowest BCUT2D eigenvalue weighted by Crippen LogP contribution is -2.22. The quantitative estimate of drug-likeness (QED) is 0.910. The van der Waals surface area contributed by atoms with Gasteiger partial charge in [-0.1, -0.05) is 18.2 Å². The van der Waals surface area contributed by atoms with Crippen molar-refractivity contribution in [2.24, 2.45) is 0 Å². The number of hydrogen-bond acceptors (Lipinski definition) is 2. The molecule has 1 saturated carbocycles. The first-order valence-corrected chi connectivity index (χ1v) is 7.99. The van der Waals surface area contributed by atoms with Crippen LogP contribution in [0.5, 0.6) is 5.75 Å². The van der Waals surface area contributed by atoms with E-state index in [0.717, 1.165) is 37.9 Å². The molecule has 0 saturated heterocycles. The van der Waals surface area contributed by atoms with Crippen LogP contribution in [0.1, 0.15) is 36.4 Å². The van der Waals surface area contributed by atoms with Gasteiger partial charge in [-0.2, -0.15) is 0 Å². The van der Waals surface area contributed by atoms with Crippen molar-refractivity contribution in [3.8, 4) is 5.75 Å². The van der Waals surface area contributed by atoms with E-state index in [1.165, 1.54) is 24.1 Å². The lowest BCUT2D eigenvalue weighted by Gasteiger charge is -2.27. The number of nitrogens with zero attached hydrogens (tertiary/aromatic N) is 1. The molecule has 21 heavy (non-hydrogen) atoms. The monoisotopic (exact) mass is 282 g/mol. The van der Waals surface area contributed by atoms with E-state index >= 15 is 0 Å². The molecule has 0 radical (unpaired) electrons. The van der Waals surface area contributed by atoms with Crippen molar-refractivity contribution in [2.45, 2.75) is 44.3 Å². The SMILES string of the molecule is c1ccc2c(c1)OCCC2Cn1cccc1CNC1CC1. The second-order valence-electron chi connectivity index (χ2n) is 6.18. The van der Waals surface area contributed by atoms with Gasteiger partial charge in [0.25, 0.3) is 0 Å². The summed E-state index contributed by atoms with van der Waals surface area (Å²) in [6, 6.07) is 13.6. The van der Waals surface area contributed by atoms with E-state index in [9.17, 15) is 0 Å². The second kappa shape index (κ2) is 5.57. The van der Waals surface area contributed by atoms with Gasteiger partial charge in [-0.25, -0.2) is 0 Å². The number of benzene rings is 1. The molecule has 1 aliphatic carbocycles. The van der Waals surface area contributed by atoms with Crippen molar-refractivity contribution in [1.82, 2.24) is 9.88 Å². The van der Waals surface area contributed by atoms with Crippen LogP contribution >= 0.6 is 0 Å². The minimum absolute atomic E-state index is 0.557. The van der Waals surface area contributed by atoms with E-state index in [1.54, 1.807) is 0 Å². The first kappa shape index (κ1) is 13.0. The van der Waals surface area contributed by atoms with Crippen LogP contribution in [-0.4, -0.2) is 17.2 Å². The van der Waals surface area contributed by atoms with Crippen molar-refractivity contribution >= 4 is 0 Å². The van der Waals surface area contributed by atoms with E-state index in [4.69, 9.17) is 4.74 Å². The van der Waals surface area contributed by atoms with E-state index in [2.05, 4.69) is 52.5 Å². The van der Waals surface area contributed by atoms with Crippen molar-refractivity contribution in [3.05, 3.63) is 53.9 Å². The minimum atomic E-state index is 0.557. The summed E-state index contributed by atoms with van der Waals surface area (Å²) < 4.78 is 8.17. The normalized spacial score (nSPS) is 20.9. The van der Waals surface area contributed by atoms with Gasteiger partial charge in [-0.3, -0.25) is 0 Å². The molecular weight excluding hydrogens is 260 g/mol. The van der Waals surface area contributed by atoms with Crippen LogP contribution < -0.4 is 10.1 Å². The highest BCUT2D eigenvalue weighted by atomic mass is 16.5. The zero-order valence-corrected chi connectivity index (χ0v) is 12.3. The van der Waals surface area contributed by atoms with Gasteiger partial charge in [0.2, 0.25) is 0 Å². The average Bonchev–Trinajstić information content (AvgIpc) is 3.25. The highest BCUT2D eigenvalue weighted by Gasteiger charge is 2.23. The highest BCUT2D eigenvalue weighted by molar-refractivity contribution is 5.37. The third kappa shape index (κ3) is 2.84. The fourth-order valence-electron chi connectivity index (χ4n) is 3.17. The van der Waals surface area contributed by atoms with E-state index < -0.39 is 0 Å². The largest absolute Gasteiger partial charge is 0.493 e. The first-order valence-electron chi connectivity index (χ1n) is 7.99. The fraction of sp³-hybridized carbons (Fsp3) is 0.444. The lowest BCUT2D eigenvalue weighted by molar-refractivity contribution is 0.258. The molecule has 0 bridgehead atoms. The predicted octanol–water partition coefficient (Wildman–Crippen LogP) is 3.31. The van der Waals surface area contributed by atoms with E-state index in [1.807, 2.05) is 0 Å². The summed E-state index contributed by atoms with van der Waals surface area (Å²) in [5, 5.41) is 3.61. The van der Waals surface area contributed by atoms with Gasteiger partial charge in [0, 0.05) is 36.9 Å². The molecule has 1 aromatic heterocycles. The third-order valence-corrected chi connectivity index (χ3v) is 4.57. The van der Waals surface area contributed by atoms with Gasteiger partial charge in [0.15, 0.2) is 0 Å². The summed E-state index contributed by atoms with van der Waals surface area (Å²) in [5.74, 6) is 1.63. The predicted molar refractivity (Wildman–Crippen MR) is 83.6 cm³/mol. The van der Waals surface area contributed by atoms with Crippen molar-refractivity contribution in [3.63, 3.8) is 0 Å². The van der Waals surface area contributed by atoms with Crippen molar-refractivity contribution in [2.75, 3.05) is 6.61 Å². The minimum Gasteiger partial charge on any atom is -0.493 e. The first-order chi connectivity index (χ1) is 10.4. The average molecular weight is 282 g/mol. The molecule has 1 fully saturated rings. The fourth-order valence-corrected chi connectivity index (χ4v) is 3.17. The standard InChI is InChI=1S/C18H22N2O/c1-2-6-18-17(5-1)14(9-11-21-18)13-20-10-3-4-16(20)12-19-15-7-8-15/h1-6,10,14-15,19H,7-9,11-13H2. The van der Waals surface area contributed by atoms with Crippen LogP contribution in [0.25, 0.3) is 0 Å². The Morgan fingerprint density at radius 3 is 2.90 bits per heavy atom. The topological polar surface area (TPSA) is 26.2 Å². The van der Waals surface area contributed by atoms with Crippen LogP contribution in [0.2, 0.25) is 0 Å². The molecule has 3 heteroatoms. The Bertz CT molecular complexity index is 615. The van der Waals surface area contributed by atoms with Crippen LogP contribution in [0.15, 0.2) is 42.6 Å². The number of aromatic nitrogens is 1. The maximum atomic E-state index is 5.77. The molecule has 2 aliphatic rings. The molecule has 1 aromatic carbocycles. The Hall–Kier alpha value is -1.74. The number of nitrogens with one attached hydrogen (secondary N) is 1. The zero-order valence-electron chi connectivity index (χ0n) is 12.3. The molecule has 2 aromatic rings. The molecule has 1 atom stereocenters. The van der Waals surface area contributed by atoms with Crippen molar-refractivity contribution < 1.29 is 4.74 Å². The van der Waals surface area contributed by atoms with Gasteiger partial charge < -0.3 is 14.6 Å². The van der Waals surface area contributed by atoms with Gasteiger partial charge in [0.1, 0.15) is 5.75 Å². The van der Waals surface area contributed by atoms with E-state index in [-0.39, 0.29) is 0 Å². The van der Waals surface area contributed by atoms with Gasteiger partial charge in [0.05, 0.1) is 6.61 Å². The summed E-state index contributed by atoms with van der Waals surface area (Å²) in [6.45, 7) is 2.87. The summed E-state index contributed by atoms with van der Waals surface area (Å²) in [4.78, 5) is 0. The highest BCUT2D eigenvalue weighted by Crippen LogP contribution is 2.34. The summed E-state index contributed by atoms with van der Waals surface area (Å²) >= 11 is 0. The van der Waals surface area contributed by atoms with Crippen LogP contribution in [-0.2, 0) is 13.1 Å². The number of para-hydroxylation sites is 1. The Balaban J connectivity index is 1.50. The smallest absolute Gasteiger partial charge is 0.122 e. The molecule has 1 aliphatic heterocycles. The van der Waals surface area contributed by atoms with E-state index in [0.29, 0.717) is 5.92 Å². The number of fused-ring (bicyclic) bond motifs is 1. The number of hydrogen-bond donors (Lipinski definition) is 1. The second-order valence-corrected chi connectivity index (χ2v) is 6.18. The zero-order chi connectivity index (χ0) is 14.1. The Morgan fingerprint density at radius 1 is 1.10 bits per heavy atom. The molecule has 4 rings (SSSR count). The van der Waals surface area contributed by atoms with Gasteiger partial charge in [-0.05, 0) is 43.0 Å². The molecule has 0 amide bonds. The van der Waals surface area contributed by atoms with Crippen LogP contribution in [0.4, 0.5) is 0 Å². The lowest BCUT2D eigenvalue weighted by atomic mass is 9.93. The third-order valence-electron chi connectivity index (χ3n) is 4.57. The summed E-state index contributed by atoms with van der Waals surface area (Å²) in [7, 11) is 0. The maximum absolute atomic E-state index is 5.77. The number of ether oxygens (including phenoxy) is 1. The molecule has 0 spiro atoms. The van der Waals surface area contributed by atoms with Crippen LogP contribution in [0.3, 0.4) is 0 Å². The maximum Gasteiger partial charge on any atom is 0.122 e. The molecule has 110 valence electrons.